The first kappa shape index (κ1) is 18.7. The number of nitrogens with one attached hydrogen (secondary N) is 1. The monoisotopic (exact) mass is 327 g/mol. The van der Waals surface area contributed by atoms with Crippen molar-refractivity contribution >= 4 is 18.3 Å². The van der Waals surface area contributed by atoms with Gasteiger partial charge in [-0.25, -0.2) is 0 Å². The molecule has 1 aromatic carbocycles. The Bertz CT molecular complexity index is 431. The number of nitrogens with zero attached hydrogens (tertiary/aromatic N) is 1. The third-order valence-corrected chi connectivity index (χ3v) is 3.74. The van der Waals surface area contributed by atoms with E-state index >= 15 is 0 Å². The van der Waals surface area contributed by atoms with Gasteiger partial charge < -0.3 is 15.8 Å². The third kappa shape index (κ3) is 6.22. The molecule has 0 saturated carbocycles. The van der Waals surface area contributed by atoms with Crippen molar-refractivity contribution in [2.75, 3.05) is 39.3 Å². The van der Waals surface area contributed by atoms with Crippen molar-refractivity contribution in [2.24, 2.45) is 11.7 Å². The standard InChI is InChI=1S/C16H25N3O2.ClH/c17-8-9-18-16(20)14-5-4-10-19(13-14)11-12-21-15-6-2-1-3-7-15;/h1-3,6-7,14H,4-5,8-13,17H2,(H,18,20);1H. The van der Waals surface area contributed by atoms with Gasteiger partial charge in [-0.05, 0) is 31.5 Å². The van der Waals surface area contributed by atoms with Crippen LogP contribution in [-0.4, -0.2) is 50.1 Å². The van der Waals surface area contributed by atoms with Crippen LogP contribution in [0, 0.1) is 5.92 Å². The van der Waals surface area contributed by atoms with Crippen LogP contribution >= 0.6 is 12.4 Å². The van der Waals surface area contributed by atoms with E-state index in [-0.39, 0.29) is 24.2 Å². The summed E-state index contributed by atoms with van der Waals surface area (Å²) in [4.78, 5) is 14.3. The highest BCUT2D eigenvalue weighted by Gasteiger charge is 2.25. The summed E-state index contributed by atoms with van der Waals surface area (Å²) < 4.78 is 5.71. The molecule has 2 rings (SSSR count). The number of likely N-dealkylation sites (tertiary alicyclic amines) is 1. The number of rotatable bonds is 7. The number of ether oxygens (including phenoxy) is 1. The van der Waals surface area contributed by atoms with Gasteiger partial charge in [-0.1, -0.05) is 18.2 Å². The van der Waals surface area contributed by atoms with E-state index in [9.17, 15) is 4.79 Å². The fourth-order valence-corrected chi connectivity index (χ4v) is 2.62. The van der Waals surface area contributed by atoms with Crippen molar-refractivity contribution in [1.82, 2.24) is 10.2 Å². The van der Waals surface area contributed by atoms with Crippen molar-refractivity contribution in [3.05, 3.63) is 30.3 Å². The molecule has 6 heteroatoms. The van der Waals surface area contributed by atoms with Gasteiger partial charge >= 0.3 is 0 Å². The minimum absolute atomic E-state index is 0. The van der Waals surface area contributed by atoms with Gasteiger partial charge in [0.05, 0.1) is 5.92 Å². The van der Waals surface area contributed by atoms with Gasteiger partial charge in [0.25, 0.3) is 0 Å². The zero-order valence-corrected chi connectivity index (χ0v) is 13.7. The van der Waals surface area contributed by atoms with Crippen LogP contribution in [0.4, 0.5) is 0 Å². The highest BCUT2D eigenvalue weighted by atomic mass is 35.5. The largest absolute Gasteiger partial charge is 0.492 e. The molecule has 0 bridgehead atoms. The van der Waals surface area contributed by atoms with E-state index in [0.717, 1.165) is 38.2 Å². The molecule has 0 aliphatic carbocycles. The van der Waals surface area contributed by atoms with Gasteiger partial charge in [0, 0.05) is 26.2 Å². The van der Waals surface area contributed by atoms with Crippen LogP contribution in [-0.2, 0) is 4.79 Å². The SMILES string of the molecule is Cl.NCCNC(=O)C1CCCN(CCOc2ccccc2)C1. The number of amides is 1. The first-order valence-electron chi connectivity index (χ1n) is 7.67. The Kier molecular flexibility index (Phi) is 8.89. The Balaban J connectivity index is 0.00000242. The lowest BCUT2D eigenvalue weighted by molar-refractivity contribution is -0.126. The number of hydrogen-bond donors (Lipinski definition) is 2. The molecule has 1 atom stereocenters. The van der Waals surface area contributed by atoms with Crippen LogP contribution < -0.4 is 15.8 Å². The Morgan fingerprint density at radius 1 is 1.36 bits per heavy atom. The molecule has 1 aromatic rings. The predicted molar refractivity (Wildman–Crippen MR) is 90.4 cm³/mol. The first-order valence-corrected chi connectivity index (χ1v) is 7.67. The van der Waals surface area contributed by atoms with Gasteiger partial charge in [-0.2, -0.15) is 0 Å². The molecule has 5 nitrogen and oxygen atoms in total. The summed E-state index contributed by atoms with van der Waals surface area (Å²) in [6.45, 7) is 4.42. The van der Waals surface area contributed by atoms with E-state index in [0.29, 0.717) is 19.7 Å². The van der Waals surface area contributed by atoms with Crippen LogP contribution in [0.5, 0.6) is 5.75 Å². The van der Waals surface area contributed by atoms with Gasteiger partial charge in [0.1, 0.15) is 12.4 Å². The molecule has 1 aliphatic rings. The fraction of sp³-hybridized carbons (Fsp3) is 0.562. The summed E-state index contributed by atoms with van der Waals surface area (Å²) in [6, 6.07) is 9.82. The molecule has 1 fully saturated rings. The zero-order chi connectivity index (χ0) is 14.9. The van der Waals surface area contributed by atoms with E-state index in [1.165, 1.54) is 0 Å². The third-order valence-electron chi connectivity index (χ3n) is 3.74. The maximum absolute atomic E-state index is 12.0. The molecule has 1 aliphatic heterocycles. The number of halogens is 1. The number of benzene rings is 1. The van der Waals surface area contributed by atoms with E-state index < -0.39 is 0 Å². The number of carbonyl (C=O) groups is 1. The van der Waals surface area contributed by atoms with Crippen LogP contribution in [0.1, 0.15) is 12.8 Å². The summed E-state index contributed by atoms with van der Waals surface area (Å²) in [5.41, 5.74) is 5.41. The zero-order valence-electron chi connectivity index (χ0n) is 12.9. The average Bonchev–Trinajstić information content (AvgIpc) is 2.54. The highest BCUT2D eigenvalue weighted by molar-refractivity contribution is 5.85. The lowest BCUT2D eigenvalue weighted by Gasteiger charge is -2.31. The molecular formula is C16H26ClN3O2. The Morgan fingerprint density at radius 2 is 2.14 bits per heavy atom. The minimum atomic E-state index is 0. The number of para-hydroxylation sites is 1. The van der Waals surface area contributed by atoms with Gasteiger partial charge in [-0.3, -0.25) is 9.69 Å². The Morgan fingerprint density at radius 3 is 2.86 bits per heavy atom. The summed E-state index contributed by atoms with van der Waals surface area (Å²) in [7, 11) is 0. The van der Waals surface area contributed by atoms with Crippen LogP contribution in [0.15, 0.2) is 30.3 Å². The second-order valence-electron chi connectivity index (χ2n) is 5.38. The molecule has 1 saturated heterocycles. The maximum atomic E-state index is 12.0. The minimum Gasteiger partial charge on any atom is -0.492 e. The van der Waals surface area contributed by atoms with Gasteiger partial charge in [-0.15, -0.1) is 12.4 Å². The average molecular weight is 328 g/mol. The summed E-state index contributed by atoms with van der Waals surface area (Å²) in [6.07, 6.45) is 2.03. The fourth-order valence-electron chi connectivity index (χ4n) is 2.62. The Labute approximate surface area is 138 Å². The summed E-state index contributed by atoms with van der Waals surface area (Å²) >= 11 is 0. The number of piperidine rings is 1. The quantitative estimate of drug-likeness (QED) is 0.791. The molecule has 0 aromatic heterocycles. The van der Waals surface area contributed by atoms with E-state index in [1.807, 2.05) is 30.3 Å². The molecule has 0 spiro atoms. The second kappa shape index (κ2) is 10.4. The van der Waals surface area contributed by atoms with Crippen molar-refractivity contribution in [1.29, 1.82) is 0 Å². The molecule has 1 unspecified atom stereocenters. The normalized spacial score (nSPS) is 18.3. The number of hydrogen-bond acceptors (Lipinski definition) is 4. The summed E-state index contributed by atoms with van der Waals surface area (Å²) in [5, 5.41) is 2.88. The molecule has 1 amide bonds. The molecule has 124 valence electrons. The lowest BCUT2D eigenvalue weighted by atomic mass is 9.97. The van der Waals surface area contributed by atoms with Crippen LogP contribution in [0.2, 0.25) is 0 Å². The highest BCUT2D eigenvalue weighted by Crippen LogP contribution is 2.16. The Hall–Kier alpha value is -1.30. The van der Waals surface area contributed by atoms with Gasteiger partial charge in [0.2, 0.25) is 5.91 Å². The second-order valence-corrected chi connectivity index (χ2v) is 5.38. The van der Waals surface area contributed by atoms with Crippen LogP contribution in [0.25, 0.3) is 0 Å². The van der Waals surface area contributed by atoms with Crippen molar-refractivity contribution < 1.29 is 9.53 Å². The lowest BCUT2D eigenvalue weighted by Crippen LogP contribution is -2.45. The van der Waals surface area contributed by atoms with Crippen molar-refractivity contribution in [3.63, 3.8) is 0 Å². The van der Waals surface area contributed by atoms with Crippen molar-refractivity contribution in [2.45, 2.75) is 12.8 Å². The van der Waals surface area contributed by atoms with Crippen molar-refractivity contribution in [3.8, 4) is 5.75 Å². The first-order chi connectivity index (χ1) is 10.3. The predicted octanol–water partition coefficient (Wildman–Crippen LogP) is 1.27. The number of carbonyl (C=O) groups excluding carboxylic acids is 1. The van der Waals surface area contributed by atoms with Crippen LogP contribution in [0.3, 0.4) is 0 Å². The van der Waals surface area contributed by atoms with E-state index in [2.05, 4.69) is 10.2 Å². The molecule has 22 heavy (non-hydrogen) atoms. The molecule has 3 N–H and O–H groups in total. The topological polar surface area (TPSA) is 67.6 Å². The maximum Gasteiger partial charge on any atom is 0.224 e. The molecular weight excluding hydrogens is 302 g/mol. The summed E-state index contributed by atoms with van der Waals surface area (Å²) in [5.74, 6) is 1.11. The molecule has 0 radical (unpaired) electrons. The van der Waals surface area contributed by atoms with E-state index in [4.69, 9.17) is 10.5 Å². The number of nitrogens with two attached hydrogens (primary N) is 1. The van der Waals surface area contributed by atoms with Gasteiger partial charge in [0.15, 0.2) is 0 Å². The smallest absolute Gasteiger partial charge is 0.224 e. The molecule has 1 heterocycles. The van der Waals surface area contributed by atoms with E-state index in [1.54, 1.807) is 0 Å².